The van der Waals surface area contributed by atoms with Crippen LogP contribution in [0.25, 0.3) is 0 Å². The van der Waals surface area contributed by atoms with Gasteiger partial charge in [0.2, 0.25) is 0 Å². The molecule has 10 nitrogen and oxygen atoms in total. The number of nitrogens with one attached hydrogen (secondary N) is 1. The van der Waals surface area contributed by atoms with E-state index < -0.39 is 23.2 Å². The van der Waals surface area contributed by atoms with E-state index in [1.165, 1.54) is 50.3 Å². The minimum atomic E-state index is -0.974. The van der Waals surface area contributed by atoms with Crippen molar-refractivity contribution in [2.24, 2.45) is 0 Å². The number of nitrogens with zero attached hydrogens (tertiary/aromatic N) is 1. The Bertz CT molecular complexity index is 986. The fourth-order valence-electron chi connectivity index (χ4n) is 3.99. The highest BCUT2D eigenvalue weighted by molar-refractivity contribution is 5.65. The number of carbonyl (C=O) groups excluding carboxylic acids is 2. The summed E-state index contributed by atoms with van der Waals surface area (Å²) >= 11 is 0. The van der Waals surface area contributed by atoms with Crippen molar-refractivity contribution in [3.63, 3.8) is 0 Å². The van der Waals surface area contributed by atoms with Crippen molar-refractivity contribution in [2.45, 2.75) is 78.1 Å². The molecule has 0 bridgehead atoms. The maximum Gasteiger partial charge on any atom is 0.513 e. The second-order valence-corrected chi connectivity index (χ2v) is 8.62. The molecule has 0 aromatic heterocycles. The van der Waals surface area contributed by atoms with E-state index in [4.69, 9.17) is 14.2 Å². The van der Waals surface area contributed by atoms with Gasteiger partial charge in [0.1, 0.15) is 17.4 Å². The maximum absolute atomic E-state index is 12.5. The average molecular weight is 505 g/mol. The van der Waals surface area contributed by atoms with Gasteiger partial charge in [0.05, 0.1) is 30.0 Å². The van der Waals surface area contributed by atoms with Crippen LogP contribution in [0.1, 0.15) is 83.6 Å². The number of methoxy groups -OCH3 is 1. The number of nitro groups is 1. The van der Waals surface area contributed by atoms with E-state index in [-0.39, 0.29) is 23.8 Å². The third-order valence-electron chi connectivity index (χ3n) is 5.82. The lowest BCUT2D eigenvalue weighted by molar-refractivity contribution is -0.384. The Hall–Kier alpha value is -3.56. The lowest BCUT2D eigenvalue weighted by atomic mass is 9.90. The summed E-state index contributed by atoms with van der Waals surface area (Å²) < 4.78 is 20.8. The Morgan fingerprint density at radius 2 is 1.53 bits per heavy atom. The Morgan fingerprint density at radius 3 is 2.11 bits per heavy atom. The molecule has 1 heterocycles. The van der Waals surface area contributed by atoms with Crippen LogP contribution in [0.5, 0.6) is 0 Å². The van der Waals surface area contributed by atoms with Crippen molar-refractivity contribution in [1.29, 1.82) is 0 Å². The quantitative estimate of drug-likeness (QED) is 0.133. The number of dihydropyridines is 1. The van der Waals surface area contributed by atoms with Crippen molar-refractivity contribution in [3.05, 3.63) is 62.9 Å². The number of allylic oxidation sites excluding steroid dienone is 2. The molecule has 0 aliphatic carbocycles. The van der Waals surface area contributed by atoms with Gasteiger partial charge in [-0.1, -0.05) is 64.0 Å². The first-order valence-corrected chi connectivity index (χ1v) is 12.3. The van der Waals surface area contributed by atoms with Crippen LogP contribution in [-0.2, 0) is 18.9 Å². The van der Waals surface area contributed by atoms with Crippen molar-refractivity contribution < 1.29 is 33.5 Å². The molecule has 198 valence electrons. The molecular formula is C26H36N2O8. The Balaban J connectivity index is 2.11. The van der Waals surface area contributed by atoms with Gasteiger partial charge in [0.25, 0.3) is 5.69 Å². The van der Waals surface area contributed by atoms with Crippen LogP contribution in [0.4, 0.5) is 15.3 Å². The summed E-state index contributed by atoms with van der Waals surface area (Å²) in [6.07, 6.45) is 7.01. The monoisotopic (exact) mass is 504 g/mol. The molecule has 1 N–H and O–H groups in total. The topological polar surface area (TPSA) is 126 Å². The number of benzene rings is 1. The molecular weight excluding hydrogens is 468 g/mol. The first kappa shape index (κ1) is 28.7. The highest BCUT2D eigenvalue weighted by atomic mass is 16.7. The molecule has 10 heteroatoms. The van der Waals surface area contributed by atoms with Gasteiger partial charge in [-0.2, -0.15) is 0 Å². The minimum Gasteiger partial charge on any atom is -0.437 e. The zero-order valence-corrected chi connectivity index (χ0v) is 21.5. The van der Waals surface area contributed by atoms with Gasteiger partial charge in [-0.3, -0.25) is 10.1 Å². The summed E-state index contributed by atoms with van der Waals surface area (Å²) in [6, 6.07) is 5.82. The largest absolute Gasteiger partial charge is 0.513 e. The Labute approximate surface area is 211 Å². The molecule has 1 aromatic carbocycles. The Kier molecular flexibility index (Phi) is 11.7. The highest BCUT2D eigenvalue weighted by Crippen LogP contribution is 2.40. The van der Waals surface area contributed by atoms with Crippen LogP contribution in [0.2, 0.25) is 0 Å². The molecule has 0 spiro atoms. The SMILES string of the molecule is CCCCCCCCCCOC(=O)OC1=C(C)NC(C)=C(OC(=O)OC)C1c1cccc([N+](=O)[O-])c1. The minimum absolute atomic E-state index is 0.0961. The summed E-state index contributed by atoms with van der Waals surface area (Å²) in [5.74, 6) is -0.708. The predicted molar refractivity (Wildman–Crippen MR) is 133 cm³/mol. The second kappa shape index (κ2) is 14.8. The lowest BCUT2D eigenvalue weighted by Crippen LogP contribution is -2.29. The van der Waals surface area contributed by atoms with Gasteiger partial charge in [0.15, 0.2) is 0 Å². The fraction of sp³-hybridized carbons (Fsp3) is 0.538. The van der Waals surface area contributed by atoms with Crippen molar-refractivity contribution >= 4 is 18.0 Å². The maximum atomic E-state index is 12.5. The van der Waals surface area contributed by atoms with Crippen molar-refractivity contribution in [1.82, 2.24) is 5.32 Å². The Morgan fingerprint density at radius 1 is 0.944 bits per heavy atom. The van der Waals surface area contributed by atoms with E-state index in [2.05, 4.69) is 17.0 Å². The van der Waals surface area contributed by atoms with E-state index in [1.54, 1.807) is 19.9 Å². The molecule has 0 amide bonds. The molecule has 1 aromatic rings. The van der Waals surface area contributed by atoms with Crippen molar-refractivity contribution in [2.75, 3.05) is 13.7 Å². The summed E-state index contributed by atoms with van der Waals surface area (Å²) in [5, 5.41) is 14.4. The highest BCUT2D eigenvalue weighted by Gasteiger charge is 2.36. The van der Waals surface area contributed by atoms with E-state index >= 15 is 0 Å². The number of unbranched alkanes of at least 4 members (excludes halogenated alkanes) is 7. The van der Waals surface area contributed by atoms with E-state index in [9.17, 15) is 19.7 Å². The summed E-state index contributed by atoms with van der Waals surface area (Å²) in [4.78, 5) is 35.3. The first-order chi connectivity index (χ1) is 17.3. The molecule has 1 unspecified atom stereocenters. The standard InChI is InChI=1S/C26H36N2O8/c1-5-6-7-8-9-10-11-12-16-34-26(30)36-24-19(3)27-18(2)23(35-25(29)33-4)22(24)20-14-13-15-21(17-20)28(31)32/h13-15,17,22,27H,5-12,16H2,1-4H3. The van der Waals surface area contributed by atoms with Gasteiger partial charge < -0.3 is 24.3 Å². The number of hydrogen-bond acceptors (Lipinski definition) is 9. The smallest absolute Gasteiger partial charge is 0.437 e. The van der Waals surface area contributed by atoms with Crippen LogP contribution in [0, 0.1) is 10.1 Å². The van der Waals surface area contributed by atoms with Crippen LogP contribution < -0.4 is 5.32 Å². The van der Waals surface area contributed by atoms with Gasteiger partial charge in [-0.25, -0.2) is 9.59 Å². The third-order valence-corrected chi connectivity index (χ3v) is 5.82. The van der Waals surface area contributed by atoms with Gasteiger partial charge in [-0.05, 0) is 25.8 Å². The first-order valence-electron chi connectivity index (χ1n) is 12.3. The molecule has 0 saturated heterocycles. The van der Waals surface area contributed by atoms with Gasteiger partial charge >= 0.3 is 12.3 Å². The van der Waals surface area contributed by atoms with E-state index in [1.807, 2.05) is 0 Å². The normalized spacial score (nSPS) is 15.3. The summed E-state index contributed by atoms with van der Waals surface area (Å²) in [7, 11) is 1.16. The molecule has 1 atom stereocenters. The zero-order valence-electron chi connectivity index (χ0n) is 21.5. The second-order valence-electron chi connectivity index (χ2n) is 8.62. The molecule has 2 rings (SSSR count). The van der Waals surface area contributed by atoms with Crippen molar-refractivity contribution in [3.8, 4) is 0 Å². The molecule has 1 aliphatic rings. The summed E-state index contributed by atoms with van der Waals surface area (Å²) in [6.45, 7) is 5.76. The molecule has 0 fully saturated rings. The van der Waals surface area contributed by atoms with E-state index in [0.717, 1.165) is 26.4 Å². The number of hydrogen-bond donors (Lipinski definition) is 1. The predicted octanol–water partition coefficient (Wildman–Crippen LogP) is 6.82. The van der Waals surface area contributed by atoms with Crippen LogP contribution >= 0.6 is 0 Å². The van der Waals surface area contributed by atoms with Gasteiger partial charge in [-0.15, -0.1) is 0 Å². The summed E-state index contributed by atoms with van der Waals surface area (Å²) in [5.41, 5.74) is 1.18. The number of ether oxygens (including phenoxy) is 4. The zero-order chi connectivity index (χ0) is 26.5. The van der Waals surface area contributed by atoms with Gasteiger partial charge in [0, 0.05) is 12.1 Å². The number of carbonyl (C=O) groups is 2. The average Bonchev–Trinajstić information content (AvgIpc) is 2.85. The number of non-ortho nitro benzene ring substituents is 1. The molecule has 0 saturated carbocycles. The van der Waals surface area contributed by atoms with Crippen LogP contribution in [-0.4, -0.2) is 31.0 Å². The third kappa shape index (κ3) is 8.58. The number of nitro benzene ring substituents is 1. The molecule has 1 aliphatic heterocycles. The fourth-order valence-corrected chi connectivity index (χ4v) is 3.99. The lowest BCUT2D eigenvalue weighted by Gasteiger charge is -2.30. The van der Waals surface area contributed by atoms with Crippen LogP contribution in [0.3, 0.4) is 0 Å². The van der Waals surface area contributed by atoms with Crippen LogP contribution in [0.15, 0.2) is 47.2 Å². The molecule has 0 radical (unpaired) electrons. The van der Waals surface area contributed by atoms with E-state index in [0.29, 0.717) is 17.0 Å². The number of rotatable bonds is 13. The molecule has 36 heavy (non-hydrogen) atoms.